The fourth-order valence-electron chi connectivity index (χ4n) is 1.71. The Morgan fingerprint density at radius 3 is 2.95 bits per heavy atom. The van der Waals surface area contributed by atoms with E-state index in [2.05, 4.69) is 5.32 Å². The van der Waals surface area contributed by atoms with Gasteiger partial charge in [0.25, 0.3) is 0 Å². The highest BCUT2D eigenvalue weighted by Crippen LogP contribution is 2.10. The number of likely N-dealkylation sites (N-methyl/N-ethyl adjacent to an activating group) is 1. The molecule has 0 bridgehead atoms. The van der Waals surface area contributed by atoms with E-state index >= 15 is 0 Å². The molecule has 0 radical (unpaired) electrons. The molecule has 0 heterocycles. The second-order valence-electron chi connectivity index (χ2n) is 4.09. The zero-order chi connectivity index (χ0) is 14.1. The third kappa shape index (κ3) is 4.98. The van der Waals surface area contributed by atoms with Gasteiger partial charge in [0.15, 0.2) is 0 Å². The molecule has 0 aromatic heterocycles. The van der Waals surface area contributed by atoms with E-state index in [4.69, 9.17) is 10.4 Å². The zero-order valence-corrected chi connectivity index (χ0v) is 11.1. The van der Waals surface area contributed by atoms with Crippen molar-refractivity contribution in [3.05, 3.63) is 29.8 Å². The quantitative estimate of drug-likeness (QED) is 0.777. The van der Waals surface area contributed by atoms with E-state index in [1.54, 1.807) is 11.0 Å². The Kier molecular flexibility index (Phi) is 6.41. The number of nitrogens with zero attached hydrogens (tertiary/aromatic N) is 2. The molecule has 0 spiro atoms. The molecule has 0 unspecified atom stereocenters. The summed E-state index contributed by atoms with van der Waals surface area (Å²) in [6.07, 6.45) is 0.347. The molecule has 0 fully saturated rings. The molecule has 0 aliphatic rings. The number of aliphatic hydroxyl groups excluding tert-OH is 1. The third-order valence-corrected chi connectivity index (χ3v) is 2.78. The molecule has 1 aromatic rings. The summed E-state index contributed by atoms with van der Waals surface area (Å²) in [5, 5.41) is 20.6. The van der Waals surface area contributed by atoms with Crippen molar-refractivity contribution in [2.24, 2.45) is 0 Å². The SMILES string of the molecule is CCN(CCC#N)C(=O)CNc1cccc(CO)c1. The van der Waals surface area contributed by atoms with Gasteiger partial charge in [-0.3, -0.25) is 4.79 Å². The topological polar surface area (TPSA) is 76.4 Å². The van der Waals surface area contributed by atoms with Crippen LogP contribution >= 0.6 is 0 Å². The van der Waals surface area contributed by atoms with Crippen molar-refractivity contribution in [2.45, 2.75) is 20.0 Å². The summed E-state index contributed by atoms with van der Waals surface area (Å²) >= 11 is 0. The van der Waals surface area contributed by atoms with Crippen LogP contribution < -0.4 is 5.32 Å². The Labute approximate surface area is 113 Å². The fraction of sp³-hybridized carbons (Fsp3) is 0.429. The highest BCUT2D eigenvalue weighted by Gasteiger charge is 2.10. The van der Waals surface area contributed by atoms with Crippen LogP contribution in [-0.4, -0.2) is 35.5 Å². The maximum Gasteiger partial charge on any atom is 0.241 e. The average molecular weight is 261 g/mol. The van der Waals surface area contributed by atoms with Gasteiger partial charge in [-0.15, -0.1) is 0 Å². The van der Waals surface area contributed by atoms with Crippen LogP contribution in [0.5, 0.6) is 0 Å². The van der Waals surface area contributed by atoms with E-state index in [1.165, 1.54) is 0 Å². The first-order valence-corrected chi connectivity index (χ1v) is 6.29. The minimum atomic E-state index is -0.0350. The number of nitriles is 1. The lowest BCUT2D eigenvalue weighted by molar-refractivity contribution is -0.129. The van der Waals surface area contributed by atoms with Crippen molar-refractivity contribution in [2.75, 3.05) is 25.0 Å². The molecule has 0 aliphatic heterocycles. The van der Waals surface area contributed by atoms with Crippen LogP contribution in [0, 0.1) is 11.3 Å². The third-order valence-electron chi connectivity index (χ3n) is 2.78. The van der Waals surface area contributed by atoms with E-state index in [0.29, 0.717) is 19.5 Å². The van der Waals surface area contributed by atoms with Crippen molar-refractivity contribution in [1.82, 2.24) is 4.90 Å². The normalized spacial score (nSPS) is 9.74. The summed E-state index contributed by atoms with van der Waals surface area (Å²) in [7, 11) is 0. The number of amides is 1. The van der Waals surface area contributed by atoms with E-state index < -0.39 is 0 Å². The Hall–Kier alpha value is -2.06. The Bertz CT molecular complexity index is 454. The second-order valence-corrected chi connectivity index (χ2v) is 4.09. The smallest absolute Gasteiger partial charge is 0.241 e. The van der Waals surface area contributed by atoms with E-state index in [0.717, 1.165) is 11.3 Å². The fourth-order valence-corrected chi connectivity index (χ4v) is 1.71. The molecule has 1 aromatic carbocycles. The van der Waals surface area contributed by atoms with Gasteiger partial charge in [0.05, 0.1) is 25.6 Å². The van der Waals surface area contributed by atoms with E-state index in [1.807, 2.05) is 31.2 Å². The Morgan fingerprint density at radius 2 is 2.32 bits per heavy atom. The number of benzene rings is 1. The van der Waals surface area contributed by atoms with Gasteiger partial charge in [-0.05, 0) is 24.6 Å². The monoisotopic (exact) mass is 261 g/mol. The number of carbonyl (C=O) groups is 1. The molecule has 1 rings (SSSR count). The first-order valence-electron chi connectivity index (χ1n) is 6.29. The van der Waals surface area contributed by atoms with Crippen LogP contribution in [0.3, 0.4) is 0 Å². The summed E-state index contributed by atoms with van der Waals surface area (Å²) in [5.41, 5.74) is 1.60. The molecule has 0 saturated carbocycles. The molecular formula is C14H19N3O2. The van der Waals surface area contributed by atoms with Crippen LogP contribution in [0.15, 0.2) is 24.3 Å². The number of aliphatic hydroxyl groups is 1. The second kappa shape index (κ2) is 8.11. The van der Waals surface area contributed by atoms with Crippen LogP contribution in [-0.2, 0) is 11.4 Å². The largest absolute Gasteiger partial charge is 0.392 e. The van der Waals surface area contributed by atoms with Gasteiger partial charge in [0.2, 0.25) is 5.91 Å². The van der Waals surface area contributed by atoms with E-state index in [9.17, 15) is 4.79 Å². The molecule has 19 heavy (non-hydrogen) atoms. The van der Waals surface area contributed by atoms with E-state index in [-0.39, 0.29) is 19.1 Å². The molecular weight excluding hydrogens is 242 g/mol. The van der Waals surface area contributed by atoms with Gasteiger partial charge in [-0.1, -0.05) is 12.1 Å². The summed E-state index contributed by atoms with van der Waals surface area (Å²) in [6.45, 7) is 3.12. The standard InChI is InChI=1S/C14H19N3O2/c1-2-17(8-4-7-15)14(19)10-16-13-6-3-5-12(9-13)11-18/h3,5-6,9,16,18H,2,4,8,10-11H2,1H3. The minimum Gasteiger partial charge on any atom is -0.392 e. The average Bonchev–Trinajstić information content (AvgIpc) is 2.46. The van der Waals surface area contributed by atoms with Crippen molar-refractivity contribution < 1.29 is 9.90 Å². The number of hydrogen-bond donors (Lipinski definition) is 2. The van der Waals surface area contributed by atoms with Crippen LogP contribution in [0.4, 0.5) is 5.69 Å². The highest BCUT2D eigenvalue weighted by atomic mass is 16.3. The minimum absolute atomic E-state index is 0.0211. The highest BCUT2D eigenvalue weighted by molar-refractivity contribution is 5.80. The van der Waals surface area contributed by atoms with Crippen LogP contribution in [0.1, 0.15) is 18.9 Å². The van der Waals surface area contributed by atoms with Gasteiger partial charge < -0.3 is 15.3 Å². The number of nitrogens with one attached hydrogen (secondary N) is 1. The maximum absolute atomic E-state index is 11.9. The number of carbonyl (C=O) groups excluding carboxylic acids is 1. The van der Waals surface area contributed by atoms with Crippen molar-refractivity contribution >= 4 is 11.6 Å². The van der Waals surface area contributed by atoms with Crippen LogP contribution in [0.2, 0.25) is 0 Å². The Morgan fingerprint density at radius 1 is 1.53 bits per heavy atom. The predicted octanol–water partition coefficient (Wildman–Crippen LogP) is 1.35. The number of hydrogen-bond acceptors (Lipinski definition) is 4. The van der Waals surface area contributed by atoms with Crippen molar-refractivity contribution in [3.63, 3.8) is 0 Å². The maximum atomic E-state index is 11.9. The van der Waals surface area contributed by atoms with Gasteiger partial charge in [0, 0.05) is 18.8 Å². The molecule has 0 saturated heterocycles. The predicted molar refractivity (Wildman–Crippen MR) is 73.3 cm³/mol. The first kappa shape index (κ1) is 15.0. The summed E-state index contributed by atoms with van der Waals surface area (Å²) in [6, 6.07) is 9.33. The number of anilines is 1. The Balaban J connectivity index is 2.50. The van der Waals surface area contributed by atoms with Gasteiger partial charge >= 0.3 is 0 Å². The zero-order valence-electron chi connectivity index (χ0n) is 11.1. The summed E-state index contributed by atoms with van der Waals surface area (Å²) in [5.74, 6) is -0.0350. The molecule has 1 amide bonds. The van der Waals surface area contributed by atoms with Crippen molar-refractivity contribution in [1.29, 1.82) is 5.26 Å². The molecule has 5 nitrogen and oxygen atoms in total. The van der Waals surface area contributed by atoms with Gasteiger partial charge in [-0.2, -0.15) is 5.26 Å². The lowest BCUT2D eigenvalue weighted by atomic mass is 10.2. The molecule has 5 heteroatoms. The lowest BCUT2D eigenvalue weighted by Crippen LogP contribution is -2.36. The molecule has 102 valence electrons. The van der Waals surface area contributed by atoms with Gasteiger partial charge in [0.1, 0.15) is 0 Å². The first-order chi connectivity index (χ1) is 9.21. The lowest BCUT2D eigenvalue weighted by Gasteiger charge is -2.20. The summed E-state index contributed by atoms with van der Waals surface area (Å²) < 4.78 is 0. The van der Waals surface area contributed by atoms with Crippen LogP contribution in [0.25, 0.3) is 0 Å². The van der Waals surface area contributed by atoms with Crippen molar-refractivity contribution in [3.8, 4) is 6.07 Å². The molecule has 2 N–H and O–H groups in total. The van der Waals surface area contributed by atoms with Gasteiger partial charge in [-0.25, -0.2) is 0 Å². The molecule has 0 atom stereocenters. The number of rotatable bonds is 7. The molecule has 0 aliphatic carbocycles. The summed E-state index contributed by atoms with van der Waals surface area (Å²) in [4.78, 5) is 13.6.